The van der Waals surface area contributed by atoms with Crippen LogP contribution in [0.15, 0.2) is 15.0 Å². The first-order chi connectivity index (χ1) is 12.5. The van der Waals surface area contributed by atoms with Gasteiger partial charge in [0.25, 0.3) is 5.89 Å². The molecule has 0 bridgehead atoms. The molecule has 1 fully saturated rings. The fourth-order valence-electron chi connectivity index (χ4n) is 3.36. The van der Waals surface area contributed by atoms with Gasteiger partial charge in [-0.2, -0.15) is 0 Å². The first kappa shape index (κ1) is 18.6. The summed E-state index contributed by atoms with van der Waals surface area (Å²) in [7, 11) is 1.86. The largest absolute Gasteiger partial charge is 0.419 e. The molecule has 26 heavy (non-hydrogen) atoms. The molecule has 0 saturated carbocycles. The summed E-state index contributed by atoms with van der Waals surface area (Å²) in [5, 5.41) is 11.8. The predicted octanol–water partition coefficient (Wildman–Crippen LogP) is 2.16. The Morgan fingerprint density at radius 2 is 2.12 bits per heavy atom. The van der Waals surface area contributed by atoms with Crippen molar-refractivity contribution in [3.63, 3.8) is 0 Å². The third kappa shape index (κ3) is 4.91. The average Bonchev–Trinajstić information content (AvgIpc) is 3.34. The first-order valence-electron chi connectivity index (χ1n) is 9.23. The van der Waals surface area contributed by atoms with Crippen molar-refractivity contribution in [2.75, 3.05) is 33.2 Å². The molecule has 3 heterocycles. The molecule has 0 aliphatic carbocycles. The van der Waals surface area contributed by atoms with Crippen molar-refractivity contribution in [2.45, 2.75) is 39.5 Å². The van der Waals surface area contributed by atoms with Gasteiger partial charge in [-0.15, -0.1) is 10.2 Å². The molecule has 2 aromatic heterocycles. The van der Waals surface area contributed by atoms with Crippen LogP contribution in [0.4, 0.5) is 0 Å². The van der Waals surface area contributed by atoms with Gasteiger partial charge in [0.1, 0.15) is 5.76 Å². The van der Waals surface area contributed by atoms with Crippen LogP contribution in [-0.4, -0.2) is 64.3 Å². The lowest BCUT2D eigenvalue weighted by atomic mass is 10.1. The van der Waals surface area contributed by atoms with E-state index in [1.807, 2.05) is 7.05 Å². The monoisotopic (exact) mass is 361 g/mol. The highest BCUT2D eigenvalue weighted by molar-refractivity contribution is 5.76. The number of carbonyl (C=O) groups is 1. The standard InChI is InChI=1S/C18H27N5O3/c1-13(12-23-8-4-5-9-23)11-22(3)17(24)7-6-16-19-20-18(25-16)15-10-14(2)26-21-15/h10,13H,4-9,11-12H2,1-3H3. The van der Waals surface area contributed by atoms with Crippen LogP contribution in [0.3, 0.4) is 0 Å². The zero-order valence-electron chi connectivity index (χ0n) is 15.8. The summed E-state index contributed by atoms with van der Waals surface area (Å²) in [6.07, 6.45) is 3.36. The fourth-order valence-corrected chi connectivity index (χ4v) is 3.36. The van der Waals surface area contributed by atoms with Crippen molar-refractivity contribution in [3.8, 4) is 11.6 Å². The molecule has 1 unspecified atom stereocenters. The lowest BCUT2D eigenvalue weighted by molar-refractivity contribution is -0.130. The molecule has 0 aromatic carbocycles. The van der Waals surface area contributed by atoms with Gasteiger partial charge in [-0.1, -0.05) is 12.1 Å². The summed E-state index contributed by atoms with van der Waals surface area (Å²) in [6.45, 7) is 8.20. The van der Waals surface area contributed by atoms with Gasteiger partial charge >= 0.3 is 0 Å². The average molecular weight is 361 g/mol. The molecular weight excluding hydrogens is 334 g/mol. The quantitative estimate of drug-likeness (QED) is 0.712. The van der Waals surface area contributed by atoms with E-state index in [1.54, 1.807) is 17.9 Å². The minimum Gasteiger partial charge on any atom is -0.419 e. The SMILES string of the molecule is Cc1cc(-c2nnc(CCC(=O)N(C)CC(C)CN3CCCC3)o2)no1. The number of carbonyl (C=O) groups excluding carboxylic acids is 1. The van der Waals surface area contributed by atoms with Gasteiger partial charge in [-0.25, -0.2) is 0 Å². The Labute approximate surface area is 153 Å². The summed E-state index contributed by atoms with van der Waals surface area (Å²) in [4.78, 5) is 16.6. The van der Waals surface area contributed by atoms with Crippen molar-refractivity contribution in [1.82, 2.24) is 25.2 Å². The second-order valence-corrected chi connectivity index (χ2v) is 7.21. The van der Waals surface area contributed by atoms with Crippen LogP contribution < -0.4 is 0 Å². The Morgan fingerprint density at radius 3 is 2.81 bits per heavy atom. The minimum absolute atomic E-state index is 0.0929. The van der Waals surface area contributed by atoms with E-state index in [1.165, 1.54) is 25.9 Å². The minimum atomic E-state index is 0.0929. The lowest BCUT2D eigenvalue weighted by Crippen LogP contribution is -2.36. The number of likely N-dealkylation sites (tertiary alicyclic amines) is 1. The lowest BCUT2D eigenvalue weighted by Gasteiger charge is -2.25. The van der Waals surface area contributed by atoms with Crippen molar-refractivity contribution >= 4 is 5.91 Å². The van der Waals surface area contributed by atoms with E-state index in [9.17, 15) is 4.79 Å². The number of amides is 1. The van der Waals surface area contributed by atoms with Crippen LogP contribution in [0.1, 0.15) is 37.8 Å². The molecule has 1 amide bonds. The highest BCUT2D eigenvalue weighted by Gasteiger charge is 2.19. The smallest absolute Gasteiger partial charge is 0.269 e. The molecular formula is C18H27N5O3. The van der Waals surface area contributed by atoms with Crippen molar-refractivity contribution in [1.29, 1.82) is 0 Å². The van der Waals surface area contributed by atoms with Crippen molar-refractivity contribution < 1.29 is 13.7 Å². The zero-order chi connectivity index (χ0) is 18.5. The summed E-state index contributed by atoms with van der Waals surface area (Å²) < 4.78 is 10.6. The summed E-state index contributed by atoms with van der Waals surface area (Å²) >= 11 is 0. The Kier molecular flexibility index (Phi) is 6.03. The molecule has 0 radical (unpaired) electrons. The van der Waals surface area contributed by atoms with Gasteiger partial charge in [0, 0.05) is 39.0 Å². The molecule has 1 saturated heterocycles. The second kappa shape index (κ2) is 8.44. The molecule has 8 heteroatoms. The van der Waals surface area contributed by atoms with Crippen LogP contribution in [0.2, 0.25) is 0 Å². The number of nitrogens with zero attached hydrogens (tertiary/aromatic N) is 5. The van der Waals surface area contributed by atoms with E-state index in [4.69, 9.17) is 8.94 Å². The molecule has 8 nitrogen and oxygen atoms in total. The Morgan fingerprint density at radius 1 is 1.35 bits per heavy atom. The highest BCUT2D eigenvalue weighted by atomic mass is 16.5. The van der Waals surface area contributed by atoms with Gasteiger partial charge in [0.2, 0.25) is 11.8 Å². The number of aromatic nitrogens is 3. The van der Waals surface area contributed by atoms with E-state index in [2.05, 4.69) is 27.2 Å². The van der Waals surface area contributed by atoms with Crippen LogP contribution in [0.5, 0.6) is 0 Å². The molecule has 2 aromatic rings. The Balaban J connectivity index is 1.43. The molecule has 1 aliphatic heterocycles. The van der Waals surface area contributed by atoms with Crippen LogP contribution in [0, 0.1) is 12.8 Å². The van der Waals surface area contributed by atoms with E-state index < -0.39 is 0 Å². The van der Waals surface area contributed by atoms with E-state index in [0.717, 1.165) is 13.1 Å². The number of aryl methyl sites for hydroxylation is 2. The van der Waals surface area contributed by atoms with Gasteiger partial charge in [0.15, 0.2) is 5.69 Å². The molecule has 142 valence electrons. The maximum absolute atomic E-state index is 12.4. The summed E-state index contributed by atoms with van der Waals surface area (Å²) in [5.41, 5.74) is 0.514. The van der Waals surface area contributed by atoms with Gasteiger partial charge in [-0.05, 0) is 38.8 Å². The maximum atomic E-state index is 12.4. The molecule has 0 N–H and O–H groups in total. The summed E-state index contributed by atoms with van der Waals surface area (Å²) in [6, 6.07) is 1.73. The molecule has 1 atom stereocenters. The fraction of sp³-hybridized carbons (Fsp3) is 0.667. The predicted molar refractivity (Wildman–Crippen MR) is 95.3 cm³/mol. The van der Waals surface area contributed by atoms with Crippen LogP contribution >= 0.6 is 0 Å². The number of hydrogen-bond acceptors (Lipinski definition) is 7. The molecule has 3 rings (SSSR count). The summed E-state index contributed by atoms with van der Waals surface area (Å²) in [5.74, 6) is 1.99. The number of rotatable bonds is 8. The van der Waals surface area contributed by atoms with Crippen molar-refractivity contribution in [2.24, 2.45) is 5.92 Å². The Bertz CT molecular complexity index is 720. The van der Waals surface area contributed by atoms with E-state index in [-0.39, 0.29) is 5.91 Å². The third-order valence-corrected chi connectivity index (χ3v) is 4.65. The zero-order valence-corrected chi connectivity index (χ0v) is 15.8. The molecule has 1 aliphatic rings. The number of hydrogen-bond donors (Lipinski definition) is 0. The molecule has 0 spiro atoms. The van der Waals surface area contributed by atoms with E-state index >= 15 is 0 Å². The van der Waals surface area contributed by atoms with Crippen LogP contribution in [-0.2, 0) is 11.2 Å². The van der Waals surface area contributed by atoms with Crippen LogP contribution in [0.25, 0.3) is 11.6 Å². The van der Waals surface area contributed by atoms with Crippen molar-refractivity contribution in [3.05, 3.63) is 17.7 Å². The normalized spacial score (nSPS) is 16.1. The first-order valence-corrected chi connectivity index (χ1v) is 9.23. The maximum Gasteiger partial charge on any atom is 0.269 e. The third-order valence-electron chi connectivity index (χ3n) is 4.65. The second-order valence-electron chi connectivity index (χ2n) is 7.21. The highest BCUT2D eigenvalue weighted by Crippen LogP contribution is 2.18. The van der Waals surface area contributed by atoms with E-state index in [0.29, 0.717) is 42.0 Å². The van der Waals surface area contributed by atoms with Gasteiger partial charge in [-0.3, -0.25) is 4.79 Å². The van der Waals surface area contributed by atoms with Gasteiger partial charge in [0.05, 0.1) is 0 Å². The van der Waals surface area contributed by atoms with Gasteiger partial charge < -0.3 is 18.7 Å². The topological polar surface area (TPSA) is 88.5 Å². The Hall–Kier alpha value is -2.22.